The Kier molecular flexibility index (Phi) is 7.20. The second kappa shape index (κ2) is 10.6. The van der Waals surface area contributed by atoms with Crippen LogP contribution in [0.2, 0.25) is 0 Å². The third-order valence-corrected chi connectivity index (χ3v) is 5.59. The summed E-state index contributed by atoms with van der Waals surface area (Å²) in [6.45, 7) is 5.11. The molecule has 1 N–H and O–H groups in total. The second-order valence-corrected chi connectivity index (χ2v) is 7.79. The molecule has 8 heteroatoms. The summed E-state index contributed by atoms with van der Waals surface area (Å²) in [5.74, 6) is 8.17. The molecule has 33 heavy (non-hydrogen) atoms. The fraction of sp³-hybridized carbons (Fsp3) is 0.360. The predicted molar refractivity (Wildman–Crippen MR) is 127 cm³/mol. The van der Waals surface area contributed by atoms with Gasteiger partial charge in [0.25, 0.3) is 0 Å². The SMILES string of the molecule is C=CC(=O)N1CCC(Nc2ncnc3c2N=C(C#CCOc2ccccc2OC)CCC3)C1. The number of anilines is 1. The van der Waals surface area contributed by atoms with Crippen molar-refractivity contribution in [1.82, 2.24) is 14.9 Å². The van der Waals surface area contributed by atoms with Crippen LogP contribution in [0.5, 0.6) is 11.5 Å². The number of carbonyl (C=O) groups is 1. The van der Waals surface area contributed by atoms with Crippen LogP contribution in [0, 0.1) is 11.8 Å². The highest BCUT2D eigenvalue weighted by molar-refractivity contribution is 6.03. The first kappa shape index (κ1) is 22.3. The lowest BCUT2D eigenvalue weighted by Crippen LogP contribution is -2.30. The minimum absolute atomic E-state index is 0.0493. The van der Waals surface area contributed by atoms with Crippen molar-refractivity contribution in [3.8, 4) is 23.3 Å². The van der Waals surface area contributed by atoms with E-state index in [9.17, 15) is 4.79 Å². The van der Waals surface area contributed by atoms with E-state index in [1.54, 1.807) is 18.3 Å². The molecule has 0 saturated carbocycles. The number of hydrogen-bond donors (Lipinski definition) is 1. The highest BCUT2D eigenvalue weighted by Crippen LogP contribution is 2.31. The molecule has 0 spiro atoms. The third kappa shape index (κ3) is 5.50. The first-order valence-corrected chi connectivity index (χ1v) is 11.0. The molecule has 1 amide bonds. The smallest absolute Gasteiger partial charge is 0.246 e. The lowest BCUT2D eigenvalue weighted by atomic mass is 10.1. The van der Waals surface area contributed by atoms with Crippen molar-refractivity contribution in [3.63, 3.8) is 0 Å². The van der Waals surface area contributed by atoms with Crippen LogP contribution in [0.3, 0.4) is 0 Å². The zero-order valence-corrected chi connectivity index (χ0v) is 18.7. The quantitative estimate of drug-likeness (QED) is 0.543. The summed E-state index contributed by atoms with van der Waals surface area (Å²) in [5, 5.41) is 3.45. The molecule has 1 saturated heterocycles. The fourth-order valence-electron chi connectivity index (χ4n) is 3.92. The van der Waals surface area contributed by atoms with Crippen molar-refractivity contribution in [2.45, 2.75) is 31.7 Å². The van der Waals surface area contributed by atoms with Crippen molar-refractivity contribution in [3.05, 3.63) is 48.9 Å². The lowest BCUT2D eigenvalue weighted by Gasteiger charge is -2.17. The Morgan fingerprint density at radius 2 is 2.15 bits per heavy atom. The number of amides is 1. The Morgan fingerprint density at radius 1 is 1.30 bits per heavy atom. The van der Waals surface area contributed by atoms with Crippen LogP contribution in [0.1, 0.15) is 25.0 Å². The van der Waals surface area contributed by atoms with Gasteiger partial charge in [0.1, 0.15) is 18.6 Å². The Labute approximate surface area is 193 Å². The van der Waals surface area contributed by atoms with Crippen molar-refractivity contribution in [2.75, 3.05) is 32.1 Å². The summed E-state index contributed by atoms with van der Waals surface area (Å²) >= 11 is 0. The highest BCUT2D eigenvalue weighted by atomic mass is 16.5. The van der Waals surface area contributed by atoms with Crippen LogP contribution < -0.4 is 14.8 Å². The molecular formula is C25H27N5O3. The second-order valence-electron chi connectivity index (χ2n) is 7.79. The van der Waals surface area contributed by atoms with Crippen molar-refractivity contribution >= 4 is 23.1 Å². The van der Waals surface area contributed by atoms with E-state index >= 15 is 0 Å². The first-order chi connectivity index (χ1) is 16.2. The maximum absolute atomic E-state index is 11.9. The average Bonchev–Trinajstić information content (AvgIpc) is 3.20. The molecule has 170 valence electrons. The zero-order chi connectivity index (χ0) is 23.0. The minimum Gasteiger partial charge on any atom is -0.493 e. The van der Waals surface area contributed by atoms with Crippen molar-refractivity contribution < 1.29 is 14.3 Å². The van der Waals surface area contributed by atoms with Gasteiger partial charge < -0.3 is 19.7 Å². The Balaban J connectivity index is 1.46. The maximum Gasteiger partial charge on any atom is 0.246 e. The molecule has 3 heterocycles. The molecule has 1 fully saturated rings. The van der Waals surface area contributed by atoms with Crippen LogP contribution in [0.4, 0.5) is 11.5 Å². The maximum atomic E-state index is 11.9. The molecule has 1 aromatic heterocycles. The van der Waals surface area contributed by atoms with E-state index in [0.717, 1.165) is 42.8 Å². The topological polar surface area (TPSA) is 88.9 Å². The van der Waals surface area contributed by atoms with Gasteiger partial charge in [-0.05, 0) is 49.8 Å². The van der Waals surface area contributed by atoms with E-state index in [4.69, 9.17) is 14.5 Å². The van der Waals surface area contributed by atoms with Gasteiger partial charge in [0, 0.05) is 19.1 Å². The molecule has 0 bridgehead atoms. The number of carbonyl (C=O) groups excluding carboxylic acids is 1. The summed E-state index contributed by atoms with van der Waals surface area (Å²) in [7, 11) is 1.61. The molecule has 2 aliphatic rings. The number of rotatable bonds is 6. The molecule has 1 unspecified atom stereocenters. The van der Waals surface area contributed by atoms with Gasteiger partial charge in [-0.25, -0.2) is 15.0 Å². The largest absolute Gasteiger partial charge is 0.493 e. The number of nitrogens with zero attached hydrogens (tertiary/aromatic N) is 4. The van der Waals surface area contributed by atoms with Gasteiger partial charge >= 0.3 is 0 Å². The summed E-state index contributed by atoms with van der Waals surface area (Å²) in [6.07, 6.45) is 6.25. The normalized spacial score (nSPS) is 17.1. The summed E-state index contributed by atoms with van der Waals surface area (Å²) in [4.78, 5) is 27.4. The van der Waals surface area contributed by atoms with Crippen LogP contribution in [-0.2, 0) is 11.2 Å². The number of nitrogens with one attached hydrogen (secondary N) is 1. The summed E-state index contributed by atoms with van der Waals surface area (Å²) in [6, 6.07) is 7.59. The number of hydrogen-bond acceptors (Lipinski definition) is 7. The number of likely N-dealkylation sites (tertiary alicyclic amines) is 1. The lowest BCUT2D eigenvalue weighted by molar-refractivity contribution is -0.125. The van der Waals surface area contributed by atoms with E-state index in [1.165, 1.54) is 6.08 Å². The zero-order valence-electron chi connectivity index (χ0n) is 18.7. The Morgan fingerprint density at radius 3 is 2.97 bits per heavy atom. The van der Waals surface area contributed by atoms with E-state index in [0.29, 0.717) is 30.4 Å². The molecule has 2 aromatic rings. The molecular weight excluding hydrogens is 418 g/mol. The molecule has 8 nitrogen and oxygen atoms in total. The van der Waals surface area contributed by atoms with E-state index in [1.807, 2.05) is 24.3 Å². The number of aryl methyl sites for hydroxylation is 1. The monoisotopic (exact) mass is 445 g/mol. The van der Waals surface area contributed by atoms with Crippen LogP contribution in [0.15, 0.2) is 48.2 Å². The van der Waals surface area contributed by atoms with Gasteiger partial charge in [0.2, 0.25) is 5.91 Å². The molecule has 1 atom stereocenters. The number of fused-ring (bicyclic) bond motifs is 1. The van der Waals surface area contributed by atoms with E-state index < -0.39 is 0 Å². The minimum atomic E-state index is -0.0493. The molecule has 0 radical (unpaired) electrons. The predicted octanol–water partition coefficient (Wildman–Crippen LogP) is 3.18. The van der Waals surface area contributed by atoms with Crippen LogP contribution >= 0.6 is 0 Å². The average molecular weight is 446 g/mol. The van der Waals surface area contributed by atoms with E-state index in [-0.39, 0.29) is 18.6 Å². The Bertz CT molecular complexity index is 1120. The number of ether oxygens (including phenoxy) is 2. The summed E-state index contributed by atoms with van der Waals surface area (Å²) in [5.41, 5.74) is 2.43. The van der Waals surface area contributed by atoms with Gasteiger partial charge in [-0.15, -0.1) is 0 Å². The van der Waals surface area contributed by atoms with Gasteiger partial charge in [-0.3, -0.25) is 4.79 Å². The third-order valence-electron chi connectivity index (χ3n) is 5.59. The number of methoxy groups -OCH3 is 1. The fourth-order valence-corrected chi connectivity index (χ4v) is 3.92. The molecule has 0 aliphatic carbocycles. The van der Waals surface area contributed by atoms with Crippen LogP contribution in [-0.4, -0.2) is 59.3 Å². The summed E-state index contributed by atoms with van der Waals surface area (Å²) < 4.78 is 11.0. The van der Waals surface area contributed by atoms with Gasteiger partial charge in [0.15, 0.2) is 17.3 Å². The van der Waals surface area contributed by atoms with Crippen LogP contribution in [0.25, 0.3) is 0 Å². The number of aliphatic imine (C=N–C) groups is 1. The standard InChI is InChI=1S/C25H27N5O3/c1-3-23(31)30-14-13-19(16-30)29-25-24-20(26-17-27-25)10-6-8-18(28-24)9-7-15-33-22-12-5-4-11-21(22)32-2/h3-5,11-12,17,19H,1,6,8,10,13-16H2,2H3,(H,26,27,29). The Hall–Kier alpha value is -3.86. The number of para-hydroxylation sites is 2. The number of aromatic nitrogens is 2. The van der Waals surface area contributed by atoms with Crippen molar-refractivity contribution in [2.24, 2.45) is 4.99 Å². The van der Waals surface area contributed by atoms with Gasteiger partial charge in [0.05, 0.1) is 18.5 Å². The van der Waals surface area contributed by atoms with Gasteiger partial charge in [-0.2, -0.15) is 0 Å². The molecule has 2 aliphatic heterocycles. The first-order valence-electron chi connectivity index (χ1n) is 11.0. The van der Waals surface area contributed by atoms with Crippen molar-refractivity contribution in [1.29, 1.82) is 0 Å². The number of benzene rings is 1. The van der Waals surface area contributed by atoms with E-state index in [2.05, 4.69) is 33.7 Å². The highest BCUT2D eigenvalue weighted by Gasteiger charge is 2.26. The molecule has 4 rings (SSSR count). The van der Waals surface area contributed by atoms with Gasteiger partial charge in [-0.1, -0.05) is 24.6 Å². The molecule has 1 aromatic carbocycles.